The molecular formula is C12H15NO2. The minimum Gasteiger partial charge on any atom is -0.356 e. The topological polar surface area (TPSA) is 41.6 Å². The minimum atomic E-state index is -0.634. The van der Waals surface area contributed by atoms with Crippen molar-refractivity contribution in [3.63, 3.8) is 0 Å². The molecule has 0 unspecified atom stereocenters. The van der Waals surface area contributed by atoms with Crippen LogP contribution < -0.4 is 5.32 Å². The molecule has 15 heavy (non-hydrogen) atoms. The number of ether oxygens (including phenoxy) is 1. The van der Waals surface area contributed by atoms with E-state index in [1.807, 2.05) is 38.1 Å². The quantitative estimate of drug-likeness (QED) is 0.751. The fraction of sp³-hybridized carbons (Fsp3) is 0.417. The summed E-state index contributed by atoms with van der Waals surface area (Å²) >= 11 is 0. The maximum Gasteiger partial charge on any atom is 0.259 e. The van der Waals surface area contributed by atoms with Gasteiger partial charge in [0.2, 0.25) is 0 Å². The molecule has 3 nitrogen and oxygen atoms in total. The third kappa shape index (κ3) is 1.88. The molecule has 1 aliphatic rings. The monoisotopic (exact) mass is 205 g/mol. The average molecular weight is 205 g/mol. The van der Waals surface area contributed by atoms with Crippen LogP contribution in [-0.2, 0) is 9.53 Å². The minimum absolute atomic E-state index is 0.0166. The lowest BCUT2D eigenvalue weighted by atomic mass is 10.1. The number of hydrogen-bond donors (Lipinski definition) is 1. The van der Waals surface area contributed by atoms with Crippen LogP contribution in [0.4, 0.5) is 5.69 Å². The van der Waals surface area contributed by atoms with Gasteiger partial charge < -0.3 is 10.1 Å². The Morgan fingerprint density at radius 3 is 2.40 bits per heavy atom. The van der Waals surface area contributed by atoms with E-state index >= 15 is 0 Å². The van der Waals surface area contributed by atoms with E-state index in [1.165, 1.54) is 5.56 Å². The molecule has 1 aliphatic heterocycles. The number of anilines is 1. The Balaban J connectivity index is 2.04. The van der Waals surface area contributed by atoms with Crippen molar-refractivity contribution in [3.8, 4) is 0 Å². The molecule has 1 amide bonds. The zero-order valence-electron chi connectivity index (χ0n) is 9.20. The van der Waals surface area contributed by atoms with Crippen molar-refractivity contribution in [2.75, 3.05) is 5.32 Å². The van der Waals surface area contributed by atoms with E-state index in [2.05, 4.69) is 5.32 Å². The van der Waals surface area contributed by atoms with Gasteiger partial charge in [0, 0.05) is 5.69 Å². The highest BCUT2D eigenvalue weighted by molar-refractivity contribution is 5.99. The Labute approximate surface area is 89.4 Å². The van der Waals surface area contributed by atoms with Crippen molar-refractivity contribution in [2.24, 2.45) is 0 Å². The summed E-state index contributed by atoms with van der Waals surface area (Å²) in [6, 6.07) is 7.72. The highest BCUT2D eigenvalue weighted by atomic mass is 16.6. The first kappa shape index (κ1) is 10.2. The lowest BCUT2D eigenvalue weighted by Crippen LogP contribution is -2.29. The summed E-state index contributed by atoms with van der Waals surface area (Å²) in [7, 11) is 0. The van der Waals surface area contributed by atoms with Crippen LogP contribution in [0.15, 0.2) is 24.3 Å². The van der Waals surface area contributed by atoms with E-state index in [1.54, 1.807) is 6.92 Å². The highest BCUT2D eigenvalue weighted by Crippen LogP contribution is 2.36. The second kappa shape index (κ2) is 3.35. The normalized spacial score (nSPS) is 28.6. The first-order valence-corrected chi connectivity index (χ1v) is 5.08. The molecule has 3 heteroatoms. The molecule has 1 N–H and O–H groups in total. The number of nitrogens with one attached hydrogen (secondary N) is 1. The lowest BCUT2D eigenvalue weighted by Gasteiger charge is -2.08. The van der Waals surface area contributed by atoms with E-state index in [0.29, 0.717) is 0 Å². The molecule has 2 atom stereocenters. The highest BCUT2D eigenvalue weighted by Gasteiger charge is 2.55. The third-order valence-corrected chi connectivity index (χ3v) is 2.90. The summed E-state index contributed by atoms with van der Waals surface area (Å²) in [5.41, 5.74) is 1.36. The number of aryl methyl sites for hydroxylation is 1. The van der Waals surface area contributed by atoms with Crippen molar-refractivity contribution >= 4 is 11.6 Å². The second-order valence-electron chi connectivity index (χ2n) is 4.19. The number of hydrogen-bond acceptors (Lipinski definition) is 2. The maximum absolute atomic E-state index is 11.8. The summed E-state index contributed by atoms with van der Waals surface area (Å²) in [6.45, 7) is 5.72. The molecule has 0 aliphatic carbocycles. The van der Waals surface area contributed by atoms with Crippen molar-refractivity contribution < 1.29 is 9.53 Å². The zero-order chi connectivity index (χ0) is 11.1. The van der Waals surface area contributed by atoms with Crippen LogP contribution >= 0.6 is 0 Å². The van der Waals surface area contributed by atoms with Crippen LogP contribution in [0.3, 0.4) is 0 Å². The van der Waals surface area contributed by atoms with E-state index in [-0.39, 0.29) is 12.0 Å². The predicted molar refractivity (Wildman–Crippen MR) is 58.8 cm³/mol. The molecule has 0 bridgehead atoms. The molecule has 1 heterocycles. The van der Waals surface area contributed by atoms with Crippen LogP contribution in [0.25, 0.3) is 0 Å². The summed E-state index contributed by atoms with van der Waals surface area (Å²) in [6.07, 6.45) is 0.0166. The Hall–Kier alpha value is -1.35. The predicted octanol–water partition coefficient (Wildman–Crippen LogP) is 2.11. The molecule has 0 spiro atoms. The number of rotatable bonds is 2. The number of amides is 1. The van der Waals surface area contributed by atoms with E-state index < -0.39 is 5.60 Å². The van der Waals surface area contributed by atoms with Crippen LogP contribution in [-0.4, -0.2) is 17.6 Å². The molecule has 2 rings (SSSR count). The SMILES string of the molecule is Cc1ccc(NC(=O)[C@]2(C)O[C@H]2C)cc1. The van der Waals surface area contributed by atoms with Gasteiger partial charge in [-0.25, -0.2) is 0 Å². The van der Waals surface area contributed by atoms with Crippen molar-refractivity contribution in [1.82, 2.24) is 0 Å². The van der Waals surface area contributed by atoms with Gasteiger partial charge in [-0.3, -0.25) is 4.79 Å². The average Bonchev–Trinajstić information content (AvgIpc) is 2.80. The Morgan fingerprint density at radius 1 is 1.40 bits per heavy atom. The van der Waals surface area contributed by atoms with Gasteiger partial charge in [-0.05, 0) is 32.9 Å². The Bertz CT molecular complexity index is 385. The molecular weight excluding hydrogens is 190 g/mol. The first-order chi connectivity index (χ1) is 7.02. The van der Waals surface area contributed by atoms with Crippen LogP contribution in [0.1, 0.15) is 19.4 Å². The summed E-state index contributed by atoms with van der Waals surface area (Å²) in [5.74, 6) is -0.0705. The third-order valence-electron chi connectivity index (χ3n) is 2.90. The largest absolute Gasteiger partial charge is 0.356 e. The first-order valence-electron chi connectivity index (χ1n) is 5.08. The van der Waals surface area contributed by atoms with Gasteiger partial charge in [0.25, 0.3) is 5.91 Å². The van der Waals surface area contributed by atoms with Crippen molar-refractivity contribution in [3.05, 3.63) is 29.8 Å². The lowest BCUT2D eigenvalue weighted by molar-refractivity contribution is -0.120. The van der Waals surface area contributed by atoms with Crippen molar-refractivity contribution in [1.29, 1.82) is 0 Å². The van der Waals surface area contributed by atoms with Gasteiger partial charge in [-0.2, -0.15) is 0 Å². The molecule has 0 saturated carbocycles. The Kier molecular flexibility index (Phi) is 2.27. The molecule has 0 radical (unpaired) electrons. The van der Waals surface area contributed by atoms with Gasteiger partial charge in [0.15, 0.2) is 5.60 Å². The van der Waals surface area contributed by atoms with Crippen molar-refractivity contribution in [2.45, 2.75) is 32.5 Å². The van der Waals surface area contributed by atoms with Gasteiger partial charge in [-0.1, -0.05) is 17.7 Å². The molecule has 1 aromatic carbocycles. The molecule has 0 aromatic heterocycles. The van der Waals surface area contributed by atoms with E-state index in [4.69, 9.17) is 4.74 Å². The smallest absolute Gasteiger partial charge is 0.259 e. The number of carbonyl (C=O) groups is 1. The zero-order valence-corrected chi connectivity index (χ0v) is 9.20. The fourth-order valence-corrected chi connectivity index (χ4v) is 1.46. The van der Waals surface area contributed by atoms with Crippen LogP contribution in [0.5, 0.6) is 0 Å². The molecule has 1 fully saturated rings. The van der Waals surface area contributed by atoms with Gasteiger partial charge >= 0.3 is 0 Å². The Morgan fingerprint density at radius 2 is 1.93 bits per heavy atom. The number of carbonyl (C=O) groups excluding carboxylic acids is 1. The molecule has 80 valence electrons. The number of benzene rings is 1. The van der Waals surface area contributed by atoms with Crippen LogP contribution in [0, 0.1) is 6.92 Å². The van der Waals surface area contributed by atoms with Crippen LogP contribution in [0.2, 0.25) is 0 Å². The molecule has 1 saturated heterocycles. The van der Waals surface area contributed by atoms with Gasteiger partial charge in [-0.15, -0.1) is 0 Å². The van der Waals surface area contributed by atoms with E-state index in [9.17, 15) is 4.79 Å². The summed E-state index contributed by atoms with van der Waals surface area (Å²) in [4.78, 5) is 11.8. The molecule has 1 aromatic rings. The maximum atomic E-state index is 11.8. The summed E-state index contributed by atoms with van der Waals surface area (Å²) in [5, 5.41) is 2.84. The summed E-state index contributed by atoms with van der Waals surface area (Å²) < 4.78 is 5.25. The standard InChI is InChI=1S/C12H15NO2/c1-8-4-6-10(7-5-8)13-11(14)12(3)9(2)15-12/h4-7,9H,1-3H3,(H,13,14)/t9-,12+/m0/s1. The number of epoxide rings is 1. The van der Waals surface area contributed by atoms with Gasteiger partial charge in [0.05, 0.1) is 6.10 Å². The fourth-order valence-electron chi connectivity index (χ4n) is 1.46. The van der Waals surface area contributed by atoms with E-state index in [0.717, 1.165) is 5.69 Å². The second-order valence-corrected chi connectivity index (χ2v) is 4.19. The van der Waals surface area contributed by atoms with Gasteiger partial charge in [0.1, 0.15) is 0 Å².